The number of carbonyl (C=O) groups is 1. The van der Waals surface area contributed by atoms with Crippen molar-refractivity contribution in [3.8, 4) is 23.0 Å². The minimum absolute atomic E-state index is 0.156. The first kappa shape index (κ1) is 20.9. The Morgan fingerprint density at radius 3 is 2.45 bits per heavy atom. The molecule has 0 radical (unpaired) electrons. The lowest BCUT2D eigenvalue weighted by Gasteiger charge is -2.35. The molecular weight excluding hydrogens is 400 g/mol. The zero-order chi connectivity index (χ0) is 22.2. The van der Waals surface area contributed by atoms with Gasteiger partial charge in [-0.2, -0.15) is 0 Å². The van der Waals surface area contributed by atoms with Crippen LogP contribution in [0.5, 0.6) is 23.0 Å². The summed E-state index contributed by atoms with van der Waals surface area (Å²) in [6, 6.07) is 9.31. The van der Waals surface area contributed by atoms with E-state index < -0.39 is 11.5 Å². The van der Waals surface area contributed by atoms with E-state index in [0.717, 1.165) is 22.9 Å². The van der Waals surface area contributed by atoms with Gasteiger partial charge in [-0.25, -0.2) is 4.79 Å². The highest BCUT2D eigenvalue weighted by Crippen LogP contribution is 2.44. The van der Waals surface area contributed by atoms with Crippen molar-refractivity contribution in [2.75, 3.05) is 35.0 Å². The summed E-state index contributed by atoms with van der Waals surface area (Å²) in [5.74, 6) is 1.14. The number of methoxy groups -OCH3 is 4. The number of hydrogen-bond donors (Lipinski definition) is 3. The van der Waals surface area contributed by atoms with Gasteiger partial charge in [0, 0.05) is 35.5 Å². The van der Waals surface area contributed by atoms with Crippen molar-refractivity contribution in [1.29, 1.82) is 0 Å². The molecule has 1 aliphatic rings. The molecule has 31 heavy (non-hydrogen) atoms. The van der Waals surface area contributed by atoms with E-state index in [4.69, 9.17) is 18.9 Å². The SMILES string of the molecule is COc1ccc2c3c([nH]c2c1)C(Cc1ccc(OC)c(OC)c1OC)(C(=O)O)NCC3. The van der Waals surface area contributed by atoms with Gasteiger partial charge in [0.05, 0.1) is 34.1 Å². The monoisotopic (exact) mass is 426 g/mol. The number of rotatable bonds is 7. The number of benzene rings is 2. The van der Waals surface area contributed by atoms with E-state index in [1.165, 1.54) is 14.2 Å². The predicted octanol–water partition coefficient (Wildman–Crippen LogP) is 2.87. The number of ether oxygens (including phenoxy) is 4. The summed E-state index contributed by atoms with van der Waals surface area (Å²) in [7, 11) is 6.21. The molecule has 3 N–H and O–H groups in total. The van der Waals surface area contributed by atoms with Crippen LogP contribution in [-0.2, 0) is 23.2 Å². The highest BCUT2D eigenvalue weighted by atomic mass is 16.5. The zero-order valence-corrected chi connectivity index (χ0v) is 18.0. The van der Waals surface area contributed by atoms with E-state index in [9.17, 15) is 9.90 Å². The molecule has 0 aliphatic carbocycles. The second kappa shape index (κ2) is 8.03. The molecule has 8 heteroatoms. The molecule has 0 bridgehead atoms. The van der Waals surface area contributed by atoms with Gasteiger partial charge in [-0.1, -0.05) is 6.07 Å². The van der Waals surface area contributed by atoms with Crippen molar-refractivity contribution in [3.05, 3.63) is 47.2 Å². The Morgan fingerprint density at radius 2 is 1.81 bits per heavy atom. The van der Waals surface area contributed by atoms with Crippen molar-refractivity contribution >= 4 is 16.9 Å². The van der Waals surface area contributed by atoms with Gasteiger partial charge in [-0.05, 0) is 30.2 Å². The predicted molar refractivity (Wildman–Crippen MR) is 116 cm³/mol. The van der Waals surface area contributed by atoms with Gasteiger partial charge < -0.3 is 29.0 Å². The number of aliphatic carboxylic acids is 1. The van der Waals surface area contributed by atoms with E-state index in [1.54, 1.807) is 20.3 Å². The van der Waals surface area contributed by atoms with Crippen molar-refractivity contribution in [1.82, 2.24) is 10.3 Å². The van der Waals surface area contributed by atoms with Gasteiger partial charge in [0.2, 0.25) is 5.75 Å². The van der Waals surface area contributed by atoms with Crippen LogP contribution in [0.25, 0.3) is 10.9 Å². The maximum absolute atomic E-state index is 12.7. The molecule has 1 aromatic heterocycles. The van der Waals surface area contributed by atoms with Crippen molar-refractivity contribution < 1.29 is 28.8 Å². The summed E-state index contributed by atoms with van der Waals surface area (Å²) < 4.78 is 21.8. The normalized spacial score (nSPS) is 17.8. The third-order valence-electron chi connectivity index (χ3n) is 5.95. The standard InChI is InChI=1S/C23H26N2O6/c1-28-14-6-7-15-16-9-10-24-23(22(26)27,21(16)25-17(15)11-14)12-13-5-8-18(29-2)20(31-4)19(13)30-3/h5-8,11,24-25H,9-10,12H2,1-4H3,(H,26,27). The van der Waals surface area contributed by atoms with Crippen molar-refractivity contribution in [3.63, 3.8) is 0 Å². The Bertz CT molecular complexity index is 1140. The van der Waals surface area contributed by atoms with Gasteiger partial charge >= 0.3 is 5.97 Å². The molecule has 1 unspecified atom stereocenters. The molecule has 1 aliphatic heterocycles. The van der Waals surface area contributed by atoms with E-state index >= 15 is 0 Å². The number of hydrogen-bond acceptors (Lipinski definition) is 6. The average Bonchev–Trinajstić information content (AvgIpc) is 3.17. The summed E-state index contributed by atoms with van der Waals surface area (Å²) >= 11 is 0. The lowest BCUT2D eigenvalue weighted by molar-refractivity contribution is -0.145. The fourth-order valence-corrected chi connectivity index (χ4v) is 4.47. The molecule has 0 fully saturated rings. The van der Waals surface area contributed by atoms with Crippen molar-refractivity contribution in [2.24, 2.45) is 0 Å². The number of carboxylic acids is 1. The minimum atomic E-state index is -1.35. The number of fused-ring (bicyclic) bond motifs is 3. The molecule has 4 rings (SSSR count). The molecule has 1 atom stereocenters. The number of aromatic amines is 1. The fourth-order valence-electron chi connectivity index (χ4n) is 4.47. The Balaban J connectivity index is 1.89. The number of nitrogens with one attached hydrogen (secondary N) is 2. The van der Waals surface area contributed by atoms with Crippen LogP contribution in [0, 0.1) is 0 Å². The molecule has 0 spiro atoms. The molecule has 2 aromatic carbocycles. The lowest BCUT2D eigenvalue weighted by atomic mass is 9.81. The van der Waals surface area contributed by atoms with Crippen LogP contribution in [0.1, 0.15) is 16.8 Å². The topological polar surface area (TPSA) is 102 Å². The Hall–Kier alpha value is -3.39. The van der Waals surface area contributed by atoms with Crippen LogP contribution in [-0.4, -0.2) is 51.0 Å². The summed E-state index contributed by atoms with van der Waals surface area (Å²) in [5, 5.41) is 14.7. The Morgan fingerprint density at radius 1 is 1.03 bits per heavy atom. The van der Waals surface area contributed by atoms with Crippen LogP contribution < -0.4 is 24.3 Å². The Labute approximate surface area is 180 Å². The zero-order valence-electron chi connectivity index (χ0n) is 18.0. The highest BCUT2D eigenvalue weighted by Gasteiger charge is 2.46. The Kier molecular flexibility index (Phi) is 5.41. The molecule has 0 saturated heterocycles. The van der Waals surface area contributed by atoms with Gasteiger partial charge in [-0.3, -0.25) is 5.32 Å². The average molecular weight is 426 g/mol. The molecule has 3 aromatic rings. The summed E-state index contributed by atoms with van der Waals surface area (Å²) in [6.07, 6.45) is 0.878. The molecule has 164 valence electrons. The van der Waals surface area contributed by atoms with E-state index in [1.807, 2.05) is 24.3 Å². The third-order valence-corrected chi connectivity index (χ3v) is 5.95. The molecule has 2 heterocycles. The maximum Gasteiger partial charge on any atom is 0.330 e. The van der Waals surface area contributed by atoms with E-state index in [2.05, 4.69) is 10.3 Å². The molecule has 8 nitrogen and oxygen atoms in total. The number of H-pyrrole nitrogens is 1. The summed E-state index contributed by atoms with van der Waals surface area (Å²) in [5.41, 5.74) is 1.83. The summed E-state index contributed by atoms with van der Waals surface area (Å²) in [6.45, 7) is 0.536. The van der Waals surface area contributed by atoms with Gasteiger partial charge in [0.1, 0.15) is 5.75 Å². The largest absolute Gasteiger partial charge is 0.497 e. The van der Waals surface area contributed by atoms with Gasteiger partial charge in [0.15, 0.2) is 17.0 Å². The number of carboxylic acid groups (broad SMARTS) is 1. The lowest BCUT2D eigenvalue weighted by Crippen LogP contribution is -2.54. The maximum atomic E-state index is 12.7. The fraction of sp³-hybridized carbons (Fsp3) is 0.348. The second-order valence-corrected chi connectivity index (χ2v) is 7.45. The van der Waals surface area contributed by atoms with Gasteiger partial charge in [0.25, 0.3) is 0 Å². The first-order valence-electron chi connectivity index (χ1n) is 9.94. The van der Waals surface area contributed by atoms with Gasteiger partial charge in [-0.15, -0.1) is 0 Å². The van der Waals surface area contributed by atoms with E-state index in [-0.39, 0.29) is 6.42 Å². The molecular formula is C23H26N2O6. The molecule has 0 amide bonds. The van der Waals surface area contributed by atoms with Crippen molar-refractivity contribution in [2.45, 2.75) is 18.4 Å². The molecule has 0 saturated carbocycles. The number of aromatic nitrogens is 1. The highest BCUT2D eigenvalue weighted by molar-refractivity contribution is 5.91. The third kappa shape index (κ3) is 3.23. The van der Waals surface area contributed by atoms with Crippen LogP contribution >= 0.6 is 0 Å². The summed E-state index contributed by atoms with van der Waals surface area (Å²) in [4.78, 5) is 16.1. The van der Waals surface area contributed by atoms with Crippen LogP contribution in [0.3, 0.4) is 0 Å². The first-order chi connectivity index (χ1) is 15.0. The van der Waals surface area contributed by atoms with E-state index in [0.29, 0.717) is 40.8 Å². The smallest absolute Gasteiger partial charge is 0.330 e. The first-order valence-corrected chi connectivity index (χ1v) is 9.94. The van der Waals surface area contributed by atoms with Crippen LogP contribution in [0.15, 0.2) is 30.3 Å². The quantitative estimate of drug-likeness (QED) is 0.534. The van der Waals surface area contributed by atoms with Crippen LogP contribution in [0.2, 0.25) is 0 Å². The minimum Gasteiger partial charge on any atom is -0.497 e. The second-order valence-electron chi connectivity index (χ2n) is 7.45. The van der Waals surface area contributed by atoms with Crippen LogP contribution in [0.4, 0.5) is 0 Å².